The highest BCUT2D eigenvalue weighted by atomic mass is 19.4. The molecule has 0 atom stereocenters. The van der Waals surface area contributed by atoms with Gasteiger partial charge in [-0.05, 0) is 61.9 Å². The number of ether oxygens (including phenoxy) is 1. The van der Waals surface area contributed by atoms with Crippen LogP contribution in [0.25, 0.3) is 5.57 Å². The third kappa shape index (κ3) is 4.52. The molecule has 3 aromatic rings. The predicted octanol–water partition coefficient (Wildman–Crippen LogP) is 5.81. The number of nitrogens with zero attached hydrogens (tertiary/aromatic N) is 1. The first-order valence-electron chi connectivity index (χ1n) is 10.6. The molecule has 8 heteroatoms. The number of alkyl halides is 3. The fourth-order valence-electron chi connectivity index (χ4n) is 3.64. The normalized spacial score (nSPS) is 14.1. The Morgan fingerprint density at radius 1 is 0.912 bits per heavy atom. The van der Waals surface area contributed by atoms with Crippen LogP contribution >= 0.6 is 0 Å². The second kappa shape index (κ2) is 9.05. The average molecular weight is 466 g/mol. The van der Waals surface area contributed by atoms with Crippen molar-refractivity contribution in [2.45, 2.75) is 20.0 Å². The molecular weight excluding hydrogens is 445 g/mol. The zero-order valence-corrected chi connectivity index (χ0v) is 18.4. The van der Waals surface area contributed by atoms with Crippen molar-refractivity contribution in [2.75, 3.05) is 16.8 Å². The first-order valence-corrected chi connectivity index (χ1v) is 10.6. The maximum absolute atomic E-state index is 13.4. The molecule has 5 nitrogen and oxygen atoms in total. The summed E-state index contributed by atoms with van der Waals surface area (Å²) in [5, 5.41) is 2.77. The lowest BCUT2D eigenvalue weighted by molar-refractivity contribution is -0.137. The molecule has 1 heterocycles. The van der Waals surface area contributed by atoms with Gasteiger partial charge in [-0.25, -0.2) is 4.90 Å². The van der Waals surface area contributed by atoms with Crippen molar-refractivity contribution in [3.63, 3.8) is 0 Å². The predicted molar refractivity (Wildman–Crippen MR) is 123 cm³/mol. The minimum atomic E-state index is -4.55. The van der Waals surface area contributed by atoms with Crippen LogP contribution in [-0.2, 0) is 15.8 Å². The Hall–Kier alpha value is -4.07. The van der Waals surface area contributed by atoms with Crippen LogP contribution in [0.1, 0.15) is 23.6 Å². The van der Waals surface area contributed by atoms with Crippen LogP contribution in [0.15, 0.2) is 78.5 Å². The molecule has 34 heavy (non-hydrogen) atoms. The quantitative estimate of drug-likeness (QED) is 0.466. The number of aryl methyl sites for hydroxylation is 1. The Bertz CT molecular complexity index is 1260. The summed E-state index contributed by atoms with van der Waals surface area (Å²) in [6.45, 7) is 4.18. The number of halogens is 3. The van der Waals surface area contributed by atoms with Crippen molar-refractivity contribution >= 4 is 28.8 Å². The van der Waals surface area contributed by atoms with Gasteiger partial charge >= 0.3 is 6.18 Å². The molecule has 174 valence electrons. The molecule has 1 aliphatic rings. The smallest absolute Gasteiger partial charge is 0.416 e. The zero-order valence-electron chi connectivity index (χ0n) is 18.4. The highest BCUT2D eigenvalue weighted by molar-refractivity contribution is 6.46. The maximum atomic E-state index is 13.4. The van der Waals surface area contributed by atoms with E-state index in [1.807, 2.05) is 13.8 Å². The summed E-state index contributed by atoms with van der Waals surface area (Å²) in [5.74, 6) is -0.644. The van der Waals surface area contributed by atoms with Gasteiger partial charge in [0.2, 0.25) is 0 Å². The largest absolute Gasteiger partial charge is 0.494 e. The van der Waals surface area contributed by atoms with E-state index in [2.05, 4.69) is 5.32 Å². The number of carbonyl (C=O) groups excluding carboxylic acids is 2. The number of hydrogen-bond donors (Lipinski definition) is 1. The van der Waals surface area contributed by atoms with E-state index < -0.39 is 23.6 Å². The van der Waals surface area contributed by atoms with Crippen LogP contribution in [0.3, 0.4) is 0 Å². The molecule has 3 aromatic carbocycles. The van der Waals surface area contributed by atoms with Gasteiger partial charge < -0.3 is 10.1 Å². The number of amides is 2. The van der Waals surface area contributed by atoms with E-state index >= 15 is 0 Å². The number of hydrogen-bond acceptors (Lipinski definition) is 4. The fraction of sp³-hybridized carbons (Fsp3) is 0.154. The molecule has 2 amide bonds. The molecule has 1 N–H and O–H groups in total. The van der Waals surface area contributed by atoms with Crippen molar-refractivity contribution in [1.29, 1.82) is 0 Å². The van der Waals surface area contributed by atoms with Crippen LogP contribution in [0.2, 0.25) is 0 Å². The highest BCUT2D eigenvalue weighted by Crippen LogP contribution is 2.36. The van der Waals surface area contributed by atoms with Crippen molar-refractivity contribution in [3.05, 3.63) is 95.2 Å². The molecule has 0 saturated carbocycles. The molecule has 0 aliphatic carbocycles. The number of nitrogens with one attached hydrogen (secondary N) is 1. The average Bonchev–Trinajstić information content (AvgIpc) is 3.04. The first-order chi connectivity index (χ1) is 16.2. The van der Waals surface area contributed by atoms with Gasteiger partial charge in [-0.3, -0.25) is 9.59 Å². The standard InChI is InChI=1S/C26H21F3N2O3/c1-3-34-21-13-9-17(10-14-21)22-23(30-19-6-4-5-18(15-19)26(27,28)29)25(33)31(24(22)32)20-11-7-16(2)8-12-20/h4-15,30H,3H2,1-2H3. The third-order valence-electron chi connectivity index (χ3n) is 5.29. The first kappa shape index (κ1) is 23.1. The van der Waals surface area contributed by atoms with Gasteiger partial charge in [-0.1, -0.05) is 35.9 Å². The van der Waals surface area contributed by atoms with Gasteiger partial charge in [0, 0.05) is 5.69 Å². The van der Waals surface area contributed by atoms with Gasteiger partial charge in [-0.2, -0.15) is 13.2 Å². The summed E-state index contributed by atoms with van der Waals surface area (Å²) in [6, 6.07) is 17.9. The molecule has 0 fully saturated rings. The molecule has 0 radical (unpaired) electrons. The Labute approximate surface area is 194 Å². The summed E-state index contributed by atoms with van der Waals surface area (Å²) >= 11 is 0. The summed E-state index contributed by atoms with van der Waals surface area (Å²) in [7, 11) is 0. The summed E-state index contributed by atoms with van der Waals surface area (Å²) < 4.78 is 45.0. The Kier molecular flexibility index (Phi) is 6.15. The van der Waals surface area contributed by atoms with E-state index in [1.54, 1.807) is 48.5 Å². The second-order valence-electron chi connectivity index (χ2n) is 7.69. The SMILES string of the molecule is CCOc1ccc(C2=C(Nc3cccc(C(F)(F)F)c3)C(=O)N(c3ccc(C)cc3)C2=O)cc1. The molecule has 0 saturated heterocycles. The van der Waals surface area contributed by atoms with Crippen molar-refractivity contribution < 1.29 is 27.5 Å². The summed E-state index contributed by atoms with van der Waals surface area (Å²) in [4.78, 5) is 27.8. The van der Waals surface area contributed by atoms with Gasteiger partial charge in [0.1, 0.15) is 11.4 Å². The van der Waals surface area contributed by atoms with Gasteiger partial charge in [0.25, 0.3) is 11.8 Å². The minimum absolute atomic E-state index is 0.0418. The van der Waals surface area contributed by atoms with Gasteiger partial charge in [0.15, 0.2) is 0 Å². The number of anilines is 2. The third-order valence-corrected chi connectivity index (χ3v) is 5.29. The molecule has 0 unspecified atom stereocenters. The molecule has 4 rings (SSSR count). The van der Waals surface area contributed by atoms with E-state index in [0.717, 1.165) is 22.6 Å². The summed E-state index contributed by atoms with van der Waals surface area (Å²) in [5.41, 5.74) is 0.883. The lowest BCUT2D eigenvalue weighted by Crippen LogP contribution is -2.32. The Balaban J connectivity index is 1.79. The van der Waals surface area contributed by atoms with Crippen molar-refractivity contribution in [3.8, 4) is 5.75 Å². The maximum Gasteiger partial charge on any atom is 0.416 e. The van der Waals surface area contributed by atoms with E-state index in [4.69, 9.17) is 4.74 Å². The van der Waals surface area contributed by atoms with Crippen LogP contribution in [0.5, 0.6) is 5.75 Å². The summed E-state index contributed by atoms with van der Waals surface area (Å²) in [6.07, 6.45) is -4.55. The van der Waals surface area contributed by atoms with Crippen molar-refractivity contribution in [2.24, 2.45) is 0 Å². The zero-order chi connectivity index (χ0) is 24.5. The molecule has 0 spiro atoms. The van der Waals surface area contributed by atoms with Gasteiger partial charge in [0.05, 0.1) is 23.4 Å². The van der Waals surface area contributed by atoms with Crippen molar-refractivity contribution in [1.82, 2.24) is 0 Å². The fourth-order valence-corrected chi connectivity index (χ4v) is 3.64. The van der Waals surface area contributed by atoms with E-state index in [1.165, 1.54) is 12.1 Å². The monoisotopic (exact) mass is 466 g/mol. The lowest BCUT2D eigenvalue weighted by atomic mass is 10.0. The highest BCUT2D eigenvalue weighted by Gasteiger charge is 2.40. The van der Waals surface area contributed by atoms with E-state index in [0.29, 0.717) is 23.6 Å². The Morgan fingerprint density at radius 2 is 1.59 bits per heavy atom. The Morgan fingerprint density at radius 3 is 2.21 bits per heavy atom. The lowest BCUT2D eigenvalue weighted by Gasteiger charge is -2.16. The van der Waals surface area contributed by atoms with Crippen LogP contribution in [0.4, 0.5) is 24.5 Å². The van der Waals surface area contributed by atoms with E-state index in [-0.39, 0.29) is 17.0 Å². The second-order valence-corrected chi connectivity index (χ2v) is 7.69. The number of carbonyl (C=O) groups is 2. The topological polar surface area (TPSA) is 58.6 Å². The minimum Gasteiger partial charge on any atom is -0.494 e. The van der Waals surface area contributed by atoms with Gasteiger partial charge in [-0.15, -0.1) is 0 Å². The van der Waals surface area contributed by atoms with E-state index in [9.17, 15) is 22.8 Å². The molecule has 0 bridgehead atoms. The number of imide groups is 1. The van der Waals surface area contributed by atoms with Crippen LogP contribution < -0.4 is 15.0 Å². The molecular formula is C26H21F3N2O3. The number of benzene rings is 3. The molecule has 1 aliphatic heterocycles. The van der Waals surface area contributed by atoms with Crippen LogP contribution in [-0.4, -0.2) is 18.4 Å². The molecule has 0 aromatic heterocycles. The number of rotatable bonds is 6. The van der Waals surface area contributed by atoms with Crippen LogP contribution in [0, 0.1) is 6.92 Å².